The quantitative estimate of drug-likeness (QED) is 0.449. The highest BCUT2D eigenvalue weighted by Gasteiger charge is 2.28. The van der Waals surface area contributed by atoms with Crippen LogP contribution in [-0.4, -0.2) is 36.5 Å². The van der Waals surface area contributed by atoms with Crippen molar-refractivity contribution in [3.8, 4) is 5.69 Å². The number of hydrogen-bond acceptors (Lipinski definition) is 5. The van der Waals surface area contributed by atoms with Gasteiger partial charge in [-0.3, -0.25) is 4.31 Å². The predicted molar refractivity (Wildman–Crippen MR) is 115 cm³/mol. The molecular formula is C22H21N3O4S. The van der Waals surface area contributed by atoms with E-state index in [2.05, 4.69) is 5.10 Å². The van der Waals surface area contributed by atoms with E-state index in [-0.39, 0.29) is 12.4 Å². The van der Waals surface area contributed by atoms with Gasteiger partial charge in [-0.15, -0.1) is 0 Å². The molecule has 0 N–H and O–H groups in total. The number of carbonyl (C=O) groups excluding carboxylic acids is 1. The highest BCUT2D eigenvalue weighted by atomic mass is 32.2. The summed E-state index contributed by atoms with van der Waals surface area (Å²) in [4.78, 5) is 12.0. The van der Waals surface area contributed by atoms with Crippen LogP contribution in [0.3, 0.4) is 0 Å². The zero-order valence-corrected chi connectivity index (χ0v) is 17.0. The molecule has 0 spiro atoms. The van der Waals surface area contributed by atoms with Gasteiger partial charge in [-0.1, -0.05) is 24.3 Å². The molecule has 0 saturated carbocycles. The first-order valence-electron chi connectivity index (χ1n) is 9.55. The summed E-state index contributed by atoms with van der Waals surface area (Å²) in [6, 6.07) is 16.5. The van der Waals surface area contributed by atoms with Crippen molar-refractivity contribution in [2.45, 2.75) is 13.0 Å². The van der Waals surface area contributed by atoms with E-state index in [4.69, 9.17) is 4.74 Å². The van der Waals surface area contributed by atoms with Crippen molar-refractivity contribution in [3.63, 3.8) is 0 Å². The van der Waals surface area contributed by atoms with E-state index in [0.29, 0.717) is 18.7 Å². The van der Waals surface area contributed by atoms with Crippen molar-refractivity contribution >= 4 is 27.8 Å². The summed E-state index contributed by atoms with van der Waals surface area (Å²) >= 11 is 0. The Labute approximate surface area is 175 Å². The molecule has 4 rings (SSSR count). The molecule has 154 valence electrons. The van der Waals surface area contributed by atoms with Crippen LogP contribution < -0.4 is 4.31 Å². The molecule has 7 nitrogen and oxygen atoms in total. The topological polar surface area (TPSA) is 81.5 Å². The smallest absolute Gasteiger partial charge is 0.331 e. The Bertz CT molecular complexity index is 1140. The summed E-state index contributed by atoms with van der Waals surface area (Å²) in [6.45, 7) is 0.682. The van der Waals surface area contributed by atoms with Crippen LogP contribution >= 0.6 is 0 Å². The Morgan fingerprint density at radius 1 is 1.07 bits per heavy atom. The van der Waals surface area contributed by atoms with Crippen LogP contribution in [0.5, 0.6) is 0 Å². The average molecular weight is 423 g/mol. The first-order valence-corrected chi connectivity index (χ1v) is 11.2. The number of rotatable bonds is 6. The van der Waals surface area contributed by atoms with Crippen LogP contribution in [0.15, 0.2) is 73.1 Å². The molecule has 30 heavy (non-hydrogen) atoms. The lowest BCUT2D eigenvalue weighted by Crippen LogP contribution is -2.24. The van der Waals surface area contributed by atoms with Crippen LogP contribution in [0.1, 0.15) is 17.5 Å². The van der Waals surface area contributed by atoms with Crippen molar-refractivity contribution < 1.29 is 17.9 Å². The highest BCUT2D eigenvalue weighted by Crippen LogP contribution is 2.24. The van der Waals surface area contributed by atoms with Gasteiger partial charge in [0.25, 0.3) is 0 Å². The molecule has 0 unspecified atom stereocenters. The number of esters is 1. The van der Waals surface area contributed by atoms with Gasteiger partial charge in [-0.05, 0) is 54.0 Å². The van der Waals surface area contributed by atoms with Crippen molar-refractivity contribution in [2.75, 3.05) is 16.6 Å². The lowest BCUT2D eigenvalue weighted by Gasteiger charge is -2.16. The molecular weight excluding hydrogens is 402 g/mol. The molecule has 0 amide bonds. The SMILES string of the molecule is O=C(/C=C/c1ccc(N2CCCS2(=O)=O)cc1)OCc1ccc(-n2cccn2)cc1. The molecule has 0 radical (unpaired) electrons. The van der Waals surface area contributed by atoms with Gasteiger partial charge in [0, 0.05) is 25.0 Å². The summed E-state index contributed by atoms with van der Waals surface area (Å²) < 4.78 is 32.4. The maximum Gasteiger partial charge on any atom is 0.331 e. The molecule has 1 aliphatic rings. The van der Waals surface area contributed by atoms with Crippen LogP contribution in [0.2, 0.25) is 0 Å². The number of aromatic nitrogens is 2. The number of carbonyl (C=O) groups is 1. The van der Waals surface area contributed by atoms with Crippen LogP contribution in [0.4, 0.5) is 5.69 Å². The first kappa shape index (κ1) is 19.9. The standard InChI is InChI=1S/C22H21N3O4S/c26-22(29-17-19-5-8-20(9-6-19)24-14-1-13-23-24)12-7-18-3-10-21(11-4-18)25-15-2-16-30(25,27)28/h1,3-14H,2,15-17H2/b12-7+. The summed E-state index contributed by atoms with van der Waals surface area (Å²) in [5, 5.41) is 4.17. The fraction of sp³-hybridized carbons (Fsp3) is 0.182. The summed E-state index contributed by atoms with van der Waals surface area (Å²) in [5.74, 6) is -0.260. The second-order valence-electron chi connectivity index (χ2n) is 6.89. The lowest BCUT2D eigenvalue weighted by atomic mass is 10.2. The Balaban J connectivity index is 1.30. The Kier molecular flexibility index (Phi) is 5.67. The maximum absolute atomic E-state index is 12.0. The van der Waals surface area contributed by atoms with Gasteiger partial charge in [0.05, 0.1) is 17.1 Å². The van der Waals surface area contributed by atoms with Crippen LogP contribution in [-0.2, 0) is 26.2 Å². The molecule has 0 bridgehead atoms. The number of benzene rings is 2. The van der Waals surface area contributed by atoms with Gasteiger partial charge < -0.3 is 4.74 Å². The van der Waals surface area contributed by atoms with E-state index in [0.717, 1.165) is 16.8 Å². The van der Waals surface area contributed by atoms with Gasteiger partial charge in [0.1, 0.15) is 6.61 Å². The zero-order chi connectivity index (χ0) is 21.0. The molecule has 8 heteroatoms. The molecule has 0 aliphatic carbocycles. The van der Waals surface area contributed by atoms with E-state index >= 15 is 0 Å². The largest absolute Gasteiger partial charge is 0.458 e. The maximum atomic E-state index is 12.0. The van der Waals surface area contributed by atoms with Crippen LogP contribution in [0, 0.1) is 0 Å². The van der Waals surface area contributed by atoms with Gasteiger partial charge >= 0.3 is 5.97 Å². The minimum Gasteiger partial charge on any atom is -0.458 e. The number of anilines is 1. The summed E-state index contributed by atoms with van der Waals surface area (Å²) in [6.07, 6.45) is 7.22. The second-order valence-corrected chi connectivity index (χ2v) is 8.90. The third-order valence-corrected chi connectivity index (χ3v) is 6.65. The lowest BCUT2D eigenvalue weighted by molar-refractivity contribution is -0.138. The van der Waals surface area contributed by atoms with Gasteiger partial charge in [-0.2, -0.15) is 5.10 Å². The Morgan fingerprint density at radius 3 is 2.43 bits per heavy atom. The fourth-order valence-corrected chi connectivity index (χ4v) is 4.78. The molecule has 2 aromatic carbocycles. The molecule has 3 aromatic rings. The normalized spacial score (nSPS) is 15.5. The third kappa shape index (κ3) is 4.60. The second kappa shape index (κ2) is 8.54. The number of hydrogen-bond donors (Lipinski definition) is 0. The van der Waals surface area contributed by atoms with Crippen LogP contribution in [0.25, 0.3) is 11.8 Å². The van der Waals surface area contributed by atoms with E-state index in [1.54, 1.807) is 41.2 Å². The molecule has 2 heterocycles. The van der Waals surface area contributed by atoms with Crippen molar-refractivity contribution in [1.82, 2.24) is 9.78 Å². The van der Waals surface area contributed by atoms with E-state index in [9.17, 15) is 13.2 Å². The number of ether oxygens (including phenoxy) is 1. The molecule has 1 aliphatic heterocycles. The third-order valence-electron chi connectivity index (χ3n) is 4.78. The highest BCUT2D eigenvalue weighted by molar-refractivity contribution is 7.93. The minimum atomic E-state index is -3.19. The van der Waals surface area contributed by atoms with Crippen molar-refractivity contribution in [3.05, 3.63) is 84.2 Å². The summed E-state index contributed by atoms with van der Waals surface area (Å²) in [7, 11) is -3.19. The average Bonchev–Trinajstić information content (AvgIpc) is 3.41. The fourth-order valence-electron chi connectivity index (χ4n) is 3.21. The monoisotopic (exact) mass is 423 g/mol. The van der Waals surface area contributed by atoms with E-state index < -0.39 is 16.0 Å². The predicted octanol–water partition coefficient (Wildman–Crippen LogP) is 3.17. The van der Waals surface area contributed by atoms with Crippen molar-refractivity contribution in [1.29, 1.82) is 0 Å². The number of nitrogens with zero attached hydrogens (tertiary/aromatic N) is 3. The molecule has 1 fully saturated rings. The van der Waals surface area contributed by atoms with Gasteiger partial charge in [-0.25, -0.2) is 17.9 Å². The Hall–Kier alpha value is -3.39. The van der Waals surface area contributed by atoms with Gasteiger partial charge in [0.2, 0.25) is 10.0 Å². The van der Waals surface area contributed by atoms with E-state index in [1.165, 1.54) is 10.4 Å². The minimum absolute atomic E-state index is 0.175. The first-order chi connectivity index (χ1) is 14.5. The van der Waals surface area contributed by atoms with Gasteiger partial charge in [0.15, 0.2) is 0 Å². The molecule has 1 aromatic heterocycles. The Morgan fingerprint density at radius 2 is 1.80 bits per heavy atom. The van der Waals surface area contributed by atoms with E-state index in [1.807, 2.05) is 36.5 Å². The summed E-state index contributed by atoms with van der Waals surface area (Å²) in [5.41, 5.74) is 3.24. The molecule has 1 saturated heterocycles. The molecule has 0 atom stereocenters. The van der Waals surface area contributed by atoms with Crippen molar-refractivity contribution in [2.24, 2.45) is 0 Å². The zero-order valence-electron chi connectivity index (χ0n) is 16.2. The number of sulfonamides is 1.